The van der Waals surface area contributed by atoms with E-state index >= 15 is 0 Å². The molecule has 1 amide bonds. The summed E-state index contributed by atoms with van der Waals surface area (Å²) in [5.74, 6) is 1.27. The summed E-state index contributed by atoms with van der Waals surface area (Å²) in [5, 5.41) is 0. The summed E-state index contributed by atoms with van der Waals surface area (Å²) in [7, 11) is -1.35. The highest BCUT2D eigenvalue weighted by atomic mass is 32.2. The minimum Gasteiger partial charge on any atom is -0.440 e. The lowest BCUT2D eigenvalue weighted by molar-refractivity contribution is -0.131. The number of aromatic nitrogens is 1. The summed E-state index contributed by atoms with van der Waals surface area (Å²) in [6, 6.07) is 19.3. The van der Waals surface area contributed by atoms with Crippen LogP contribution in [-0.4, -0.2) is 48.8 Å². The van der Waals surface area contributed by atoms with Crippen LogP contribution in [0.4, 0.5) is 0 Å². The molecule has 0 saturated carbocycles. The standard InChI is InChI=1S/C23H24N2O4S/c1-25(19-14-15-30(27,28)16-19)21(26)13-12-20-24-22(17-8-4-2-5-9-17)23(29-20)18-10-6-3-7-11-18/h2-11,19H,12-16H2,1H3. The fourth-order valence-electron chi connectivity index (χ4n) is 3.72. The molecule has 0 bridgehead atoms. The summed E-state index contributed by atoms with van der Waals surface area (Å²) in [5.41, 5.74) is 2.63. The second-order valence-corrected chi connectivity index (χ2v) is 9.81. The van der Waals surface area contributed by atoms with Gasteiger partial charge in [-0.1, -0.05) is 60.7 Å². The van der Waals surface area contributed by atoms with E-state index in [1.54, 1.807) is 11.9 Å². The first-order valence-electron chi connectivity index (χ1n) is 9.99. The van der Waals surface area contributed by atoms with Crippen LogP contribution in [-0.2, 0) is 21.1 Å². The van der Waals surface area contributed by atoms with Crippen LogP contribution in [0.2, 0.25) is 0 Å². The van der Waals surface area contributed by atoms with Gasteiger partial charge in [-0.3, -0.25) is 4.79 Å². The molecule has 1 aliphatic rings. The highest BCUT2D eigenvalue weighted by Gasteiger charge is 2.32. The summed E-state index contributed by atoms with van der Waals surface area (Å²) >= 11 is 0. The normalized spacial score (nSPS) is 17.7. The first-order chi connectivity index (χ1) is 14.4. The number of oxazole rings is 1. The molecular weight excluding hydrogens is 400 g/mol. The Hall–Kier alpha value is -2.93. The van der Waals surface area contributed by atoms with Crippen molar-refractivity contribution >= 4 is 15.7 Å². The van der Waals surface area contributed by atoms with E-state index in [2.05, 4.69) is 4.98 Å². The zero-order valence-corrected chi connectivity index (χ0v) is 17.6. The third kappa shape index (κ3) is 4.46. The van der Waals surface area contributed by atoms with Gasteiger partial charge in [0.1, 0.15) is 5.69 Å². The van der Waals surface area contributed by atoms with Gasteiger partial charge in [0.15, 0.2) is 21.5 Å². The van der Waals surface area contributed by atoms with Crippen LogP contribution in [0.1, 0.15) is 18.7 Å². The van der Waals surface area contributed by atoms with Crippen LogP contribution in [0.25, 0.3) is 22.6 Å². The first-order valence-corrected chi connectivity index (χ1v) is 11.8. The number of benzene rings is 2. The maximum Gasteiger partial charge on any atom is 0.223 e. The molecule has 0 spiro atoms. The number of rotatable bonds is 6. The van der Waals surface area contributed by atoms with Crippen molar-refractivity contribution in [2.24, 2.45) is 0 Å². The molecule has 1 aromatic heterocycles. The van der Waals surface area contributed by atoms with Gasteiger partial charge < -0.3 is 9.32 Å². The molecule has 7 heteroatoms. The highest BCUT2D eigenvalue weighted by molar-refractivity contribution is 7.91. The number of carbonyl (C=O) groups is 1. The Morgan fingerprint density at radius 3 is 2.30 bits per heavy atom. The Bertz CT molecular complexity index is 1070. The Balaban J connectivity index is 1.52. The van der Waals surface area contributed by atoms with E-state index in [1.807, 2.05) is 60.7 Å². The number of hydrogen-bond donors (Lipinski definition) is 0. The zero-order valence-electron chi connectivity index (χ0n) is 16.8. The van der Waals surface area contributed by atoms with E-state index in [4.69, 9.17) is 4.42 Å². The van der Waals surface area contributed by atoms with Gasteiger partial charge in [-0.15, -0.1) is 0 Å². The van der Waals surface area contributed by atoms with Crippen molar-refractivity contribution in [1.82, 2.24) is 9.88 Å². The van der Waals surface area contributed by atoms with Crippen LogP contribution < -0.4 is 0 Å². The van der Waals surface area contributed by atoms with Crippen molar-refractivity contribution in [2.45, 2.75) is 25.3 Å². The number of amides is 1. The summed E-state index contributed by atoms with van der Waals surface area (Å²) < 4.78 is 29.5. The molecule has 30 heavy (non-hydrogen) atoms. The lowest BCUT2D eigenvalue weighted by atomic mass is 10.1. The minimum atomic E-state index is -3.03. The molecule has 1 unspecified atom stereocenters. The van der Waals surface area contributed by atoms with Gasteiger partial charge in [-0.05, 0) is 6.42 Å². The van der Waals surface area contributed by atoms with Crippen LogP contribution >= 0.6 is 0 Å². The molecule has 156 valence electrons. The minimum absolute atomic E-state index is 0.0462. The van der Waals surface area contributed by atoms with Crippen LogP contribution in [0.3, 0.4) is 0 Å². The van der Waals surface area contributed by atoms with Gasteiger partial charge in [-0.25, -0.2) is 13.4 Å². The van der Waals surface area contributed by atoms with Gasteiger partial charge in [0, 0.05) is 37.1 Å². The Morgan fingerprint density at radius 1 is 1.07 bits per heavy atom. The van der Waals surface area contributed by atoms with Crippen LogP contribution in [0, 0.1) is 0 Å². The van der Waals surface area contributed by atoms with E-state index in [1.165, 1.54) is 0 Å². The number of nitrogens with zero attached hydrogens (tertiary/aromatic N) is 2. The molecule has 0 radical (unpaired) electrons. The molecule has 2 aromatic carbocycles. The number of hydrogen-bond acceptors (Lipinski definition) is 5. The first kappa shape index (κ1) is 20.3. The molecule has 1 saturated heterocycles. The summed E-state index contributed by atoms with van der Waals surface area (Å²) in [6.45, 7) is 0. The van der Waals surface area contributed by atoms with E-state index < -0.39 is 9.84 Å². The van der Waals surface area contributed by atoms with Crippen molar-refractivity contribution in [3.05, 3.63) is 66.6 Å². The smallest absolute Gasteiger partial charge is 0.223 e. The maximum absolute atomic E-state index is 12.6. The molecule has 0 N–H and O–H groups in total. The van der Waals surface area contributed by atoms with Gasteiger partial charge in [-0.2, -0.15) is 0 Å². The largest absolute Gasteiger partial charge is 0.440 e. The highest BCUT2D eigenvalue weighted by Crippen LogP contribution is 2.33. The third-order valence-electron chi connectivity index (χ3n) is 5.46. The van der Waals surface area contributed by atoms with Gasteiger partial charge >= 0.3 is 0 Å². The lowest BCUT2D eigenvalue weighted by Gasteiger charge is -2.23. The van der Waals surface area contributed by atoms with E-state index in [-0.39, 0.29) is 29.9 Å². The van der Waals surface area contributed by atoms with E-state index in [9.17, 15) is 13.2 Å². The third-order valence-corrected chi connectivity index (χ3v) is 7.21. The molecule has 3 aromatic rings. The predicted octanol–water partition coefficient (Wildman–Crippen LogP) is 3.59. The average Bonchev–Trinajstić information content (AvgIpc) is 3.36. The molecule has 0 aliphatic carbocycles. The van der Waals surface area contributed by atoms with Crippen molar-refractivity contribution in [3.63, 3.8) is 0 Å². The Labute approximate surface area is 176 Å². The van der Waals surface area contributed by atoms with Crippen molar-refractivity contribution in [1.29, 1.82) is 0 Å². The van der Waals surface area contributed by atoms with Crippen molar-refractivity contribution in [3.8, 4) is 22.6 Å². The fourth-order valence-corrected chi connectivity index (χ4v) is 5.50. The number of sulfone groups is 1. The molecular formula is C23H24N2O4S. The van der Waals surface area contributed by atoms with Crippen molar-refractivity contribution in [2.75, 3.05) is 18.6 Å². The summed E-state index contributed by atoms with van der Waals surface area (Å²) in [6.07, 6.45) is 1.07. The number of aryl methyl sites for hydroxylation is 1. The predicted molar refractivity (Wildman–Crippen MR) is 116 cm³/mol. The van der Waals surface area contributed by atoms with Crippen LogP contribution in [0.5, 0.6) is 0 Å². The molecule has 1 fully saturated rings. The van der Waals surface area contributed by atoms with Crippen molar-refractivity contribution < 1.29 is 17.6 Å². The summed E-state index contributed by atoms with van der Waals surface area (Å²) in [4.78, 5) is 18.8. The second kappa shape index (κ2) is 8.44. The lowest BCUT2D eigenvalue weighted by Crippen LogP contribution is -2.37. The van der Waals surface area contributed by atoms with E-state index in [0.29, 0.717) is 24.5 Å². The zero-order chi connectivity index (χ0) is 21.1. The molecule has 1 aliphatic heterocycles. The fraction of sp³-hybridized carbons (Fsp3) is 0.304. The molecule has 1 atom stereocenters. The van der Waals surface area contributed by atoms with Gasteiger partial charge in [0.05, 0.1) is 11.5 Å². The Morgan fingerprint density at radius 2 is 1.70 bits per heavy atom. The number of carbonyl (C=O) groups excluding carboxylic acids is 1. The topological polar surface area (TPSA) is 80.5 Å². The van der Waals surface area contributed by atoms with E-state index in [0.717, 1.165) is 16.8 Å². The molecule has 2 heterocycles. The SMILES string of the molecule is CN(C(=O)CCc1nc(-c2ccccc2)c(-c2ccccc2)o1)C1CCS(=O)(=O)C1. The maximum atomic E-state index is 12.6. The average molecular weight is 425 g/mol. The second-order valence-electron chi connectivity index (χ2n) is 7.58. The molecule has 6 nitrogen and oxygen atoms in total. The van der Waals surface area contributed by atoms with Gasteiger partial charge in [0.2, 0.25) is 5.91 Å². The monoisotopic (exact) mass is 424 g/mol. The quantitative estimate of drug-likeness (QED) is 0.604. The Kier molecular flexibility index (Phi) is 5.72. The van der Waals surface area contributed by atoms with Crippen LogP contribution in [0.15, 0.2) is 65.1 Å². The molecule has 4 rings (SSSR count). The van der Waals surface area contributed by atoms with Gasteiger partial charge in [0.25, 0.3) is 0 Å².